The predicted octanol–water partition coefficient (Wildman–Crippen LogP) is 3.60. The molecule has 1 nitrogen and oxygen atoms in total. The fourth-order valence-corrected chi connectivity index (χ4v) is 2.66. The molecule has 17 heavy (non-hydrogen) atoms. The number of benzene rings is 2. The Kier molecular flexibility index (Phi) is 3.16. The maximum atomic E-state index is 3.41. The molecule has 1 heterocycles. The highest BCUT2D eigenvalue weighted by atomic mass is 127. The van der Waals surface area contributed by atoms with Crippen LogP contribution in [-0.4, -0.2) is 6.54 Å². The van der Waals surface area contributed by atoms with Gasteiger partial charge in [-0.2, -0.15) is 0 Å². The van der Waals surface area contributed by atoms with E-state index in [1.165, 1.54) is 25.8 Å². The van der Waals surface area contributed by atoms with Gasteiger partial charge in [0.25, 0.3) is 0 Å². The van der Waals surface area contributed by atoms with Gasteiger partial charge in [0.05, 0.1) is 0 Å². The fraction of sp³-hybridized carbons (Fsp3) is 0.200. The summed E-state index contributed by atoms with van der Waals surface area (Å²) in [7, 11) is 0. The van der Waals surface area contributed by atoms with Crippen molar-refractivity contribution >= 4 is 22.6 Å². The maximum Gasteiger partial charge on any atom is 0.0208 e. The van der Waals surface area contributed by atoms with Crippen molar-refractivity contribution in [3.05, 3.63) is 57.2 Å². The number of nitrogens with one attached hydrogen (secondary N) is 1. The highest BCUT2D eigenvalue weighted by Gasteiger charge is 2.09. The van der Waals surface area contributed by atoms with Crippen LogP contribution in [0.15, 0.2) is 42.5 Å². The lowest BCUT2D eigenvalue weighted by atomic mass is 9.95. The number of hydrogen-bond acceptors (Lipinski definition) is 1. The molecule has 86 valence electrons. The summed E-state index contributed by atoms with van der Waals surface area (Å²) in [6.45, 7) is 2.12. The van der Waals surface area contributed by atoms with Gasteiger partial charge in [0.15, 0.2) is 0 Å². The molecule has 0 saturated heterocycles. The Hall–Kier alpha value is -0.870. The topological polar surface area (TPSA) is 12.0 Å². The molecule has 0 amide bonds. The van der Waals surface area contributed by atoms with Crippen LogP contribution >= 0.6 is 22.6 Å². The standard InChI is InChI=1S/C15H14IN/c16-15-5-3-11(4-6-15)12-1-2-14-10-17-8-7-13(14)9-12/h1-6,9,17H,7-8,10H2. The Labute approximate surface area is 115 Å². The summed E-state index contributed by atoms with van der Waals surface area (Å²) in [4.78, 5) is 0. The second-order valence-corrected chi connectivity index (χ2v) is 5.66. The number of halogens is 1. The van der Waals surface area contributed by atoms with E-state index in [9.17, 15) is 0 Å². The van der Waals surface area contributed by atoms with Crippen LogP contribution in [0.3, 0.4) is 0 Å². The molecule has 0 atom stereocenters. The molecule has 1 aliphatic heterocycles. The molecular formula is C15H14IN. The third-order valence-electron chi connectivity index (χ3n) is 3.27. The lowest BCUT2D eigenvalue weighted by Crippen LogP contribution is -2.23. The largest absolute Gasteiger partial charge is 0.312 e. The summed E-state index contributed by atoms with van der Waals surface area (Å²) < 4.78 is 1.29. The van der Waals surface area contributed by atoms with E-state index in [2.05, 4.69) is 70.4 Å². The summed E-state index contributed by atoms with van der Waals surface area (Å²) in [5.74, 6) is 0. The van der Waals surface area contributed by atoms with Crippen LogP contribution < -0.4 is 5.32 Å². The monoisotopic (exact) mass is 335 g/mol. The van der Waals surface area contributed by atoms with Crippen molar-refractivity contribution in [1.29, 1.82) is 0 Å². The van der Waals surface area contributed by atoms with Crippen LogP contribution in [0, 0.1) is 3.57 Å². The van der Waals surface area contributed by atoms with Crippen LogP contribution in [0.5, 0.6) is 0 Å². The lowest BCUT2D eigenvalue weighted by molar-refractivity contribution is 0.644. The van der Waals surface area contributed by atoms with Gasteiger partial charge in [-0.1, -0.05) is 30.3 Å². The molecule has 2 aromatic carbocycles. The molecule has 0 unspecified atom stereocenters. The Bertz CT molecular complexity index is 531. The van der Waals surface area contributed by atoms with E-state index < -0.39 is 0 Å². The smallest absolute Gasteiger partial charge is 0.0208 e. The van der Waals surface area contributed by atoms with E-state index in [1.807, 2.05) is 0 Å². The maximum absolute atomic E-state index is 3.41. The molecule has 2 heteroatoms. The second-order valence-electron chi connectivity index (χ2n) is 4.42. The zero-order valence-corrected chi connectivity index (χ0v) is 11.7. The first kappa shape index (κ1) is 11.2. The third kappa shape index (κ3) is 2.38. The first-order chi connectivity index (χ1) is 8.33. The van der Waals surface area contributed by atoms with Gasteiger partial charge in [0.1, 0.15) is 0 Å². The number of rotatable bonds is 1. The average Bonchev–Trinajstić information content (AvgIpc) is 2.39. The summed E-state index contributed by atoms with van der Waals surface area (Å²) >= 11 is 2.34. The summed E-state index contributed by atoms with van der Waals surface area (Å²) in [6.07, 6.45) is 1.15. The highest BCUT2D eigenvalue weighted by molar-refractivity contribution is 14.1. The first-order valence-electron chi connectivity index (χ1n) is 5.91. The number of fused-ring (bicyclic) bond motifs is 1. The number of hydrogen-bond donors (Lipinski definition) is 1. The van der Waals surface area contributed by atoms with Gasteiger partial charge < -0.3 is 5.32 Å². The third-order valence-corrected chi connectivity index (χ3v) is 3.99. The van der Waals surface area contributed by atoms with Crippen molar-refractivity contribution in [2.45, 2.75) is 13.0 Å². The van der Waals surface area contributed by atoms with E-state index in [4.69, 9.17) is 0 Å². The molecular weight excluding hydrogens is 321 g/mol. The minimum absolute atomic E-state index is 1.02. The molecule has 1 N–H and O–H groups in total. The SMILES string of the molecule is Ic1ccc(-c2ccc3c(c2)CCNC3)cc1. The van der Waals surface area contributed by atoms with Gasteiger partial charge in [0.2, 0.25) is 0 Å². The van der Waals surface area contributed by atoms with Crippen molar-refractivity contribution in [1.82, 2.24) is 5.32 Å². The Morgan fingerprint density at radius 2 is 1.65 bits per heavy atom. The van der Waals surface area contributed by atoms with Gasteiger partial charge in [0, 0.05) is 10.1 Å². The molecule has 0 aromatic heterocycles. The van der Waals surface area contributed by atoms with Crippen molar-refractivity contribution in [2.24, 2.45) is 0 Å². The van der Waals surface area contributed by atoms with Gasteiger partial charge in [-0.3, -0.25) is 0 Å². The van der Waals surface area contributed by atoms with E-state index in [0.717, 1.165) is 19.5 Å². The molecule has 3 rings (SSSR count). The van der Waals surface area contributed by atoms with Crippen molar-refractivity contribution < 1.29 is 0 Å². The molecule has 0 radical (unpaired) electrons. The highest BCUT2D eigenvalue weighted by Crippen LogP contribution is 2.24. The fourth-order valence-electron chi connectivity index (χ4n) is 2.30. The van der Waals surface area contributed by atoms with E-state index in [0.29, 0.717) is 0 Å². The van der Waals surface area contributed by atoms with Crippen molar-refractivity contribution in [2.75, 3.05) is 6.54 Å². The Morgan fingerprint density at radius 3 is 2.47 bits per heavy atom. The zero-order valence-electron chi connectivity index (χ0n) is 9.54. The van der Waals surface area contributed by atoms with Gasteiger partial charge in [-0.25, -0.2) is 0 Å². The minimum atomic E-state index is 1.02. The second kappa shape index (κ2) is 4.78. The van der Waals surface area contributed by atoms with Crippen LogP contribution in [-0.2, 0) is 13.0 Å². The molecule has 0 aliphatic carbocycles. The summed E-state index contributed by atoms with van der Waals surface area (Å²) in [6, 6.07) is 15.6. The zero-order chi connectivity index (χ0) is 11.7. The molecule has 0 fully saturated rings. The molecule has 1 aliphatic rings. The Morgan fingerprint density at radius 1 is 0.882 bits per heavy atom. The average molecular weight is 335 g/mol. The van der Waals surface area contributed by atoms with Gasteiger partial charge >= 0.3 is 0 Å². The summed E-state index contributed by atoms with van der Waals surface area (Å²) in [5, 5.41) is 3.41. The van der Waals surface area contributed by atoms with Crippen LogP contribution in [0.4, 0.5) is 0 Å². The first-order valence-corrected chi connectivity index (χ1v) is 6.99. The van der Waals surface area contributed by atoms with Crippen LogP contribution in [0.1, 0.15) is 11.1 Å². The quantitative estimate of drug-likeness (QED) is 0.785. The van der Waals surface area contributed by atoms with Crippen molar-refractivity contribution in [3.63, 3.8) is 0 Å². The van der Waals surface area contributed by atoms with E-state index in [1.54, 1.807) is 0 Å². The molecule has 0 saturated carbocycles. The molecule has 0 spiro atoms. The van der Waals surface area contributed by atoms with Gasteiger partial charge in [-0.05, 0) is 69.9 Å². The lowest BCUT2D eigenvalue weighted by Gasteiger charge is -2.18. The predicted molar refractivity (Wildman–Crippen MR) is 80.0 cm³/mol. The Balaban J connectivity index is 2.01. The van der Waals surface area contributed by atoms with E-state index >= 15 is 0 Å². The van der Waals surface area contributed by atoms with Crippen molar-refractivity contribution in [3.8, 4) is 11.1 Å². The molecule has 2 aromatic rings. The van der Waals surface area contributed by atoms with Gasteiger partial charge in [-0.15, -0.1) is 0 Å². The molecule has 0 bridgehead atoms. The summed E-state index contributed by atoms with van der Waals surface area (Å²) in [5.41, 5.74) is 5.60. The minimum Gasteiger partial charge on any atom is -0.312 e. The van der Waals surface area contributed by atoms with Crippen LogP contribution in [0.2, 0.25) is 0 Å². The normalized spacial score (nSPS) is 14.4. The van der Waals surface area contributed by atoms with Crippen LogP contribution in [0.25, 0.3) is 11.1 Å². The van der Waals surface area contributed by atoms with E-state index in [-0.39, 0.29) is 0 Å².